The van der Waals surface area contributed by atoms with Gasteiger partial charge in [0.15, 0.2) is 0 Å². The van der Waals surface area contributed by atoms with Gasteiger partial charge in [-0.2, -0.15) is 0 Å². The molecule has 1 atom stereocenters. The number of rotatable bonds is 5. The number of halogens is 2. The Morgan fingerprint density at radius 1 is 1.33 bits per heavy atom. The Hall–Kier alpha value is -1.65. The molecule has 1 N–H and O–H groups in total. The van der Waals surface area contributed by atoms with Crippen molar-refractivity contribution in [2.75, 3.05) is 18.4 Å². The highest BCUT2D eigenvalue weighted by atomic mass is 19.1. The van der Waals surface area contributed by atoms with Gasteiger partial charge in [-0.3, -0.25) is 4.79 Å². The lowest BCUT2D eigenvalue weighted by molar-refractivity contribution is -0.131. The van der Waals surface area contributed by atoms with E-state index >= 15 is 0 Å². The molecule has 18 heavy (non-hydrogen) atoms. The molecule has 0 saturated heterocycles. The summed E-state index contributed by atoms with van der Waals surface area (Å²) in [6, 6.07) is 2.68. The zero-order valence-electron chi connectivity index (χ0n) is 10.8. The van der Waals surface area contributed by atoms with E-state index in [0.717, 1.165) is 12.1 Å². The van der Waals surface area contributed by atoms with Crippen LogP contribution in [0.15, 0.2) is 18.2 Å². The number of carbonyl (C=O) groups is 1. The maximum absolute atomic E-state index is 13.4. The third-order valence-electron chi connectivity index (χ3n) is 2.75. The number of amides is 1. The number of anilines is 1. The third-order valence-corrected chi connectivity index (χ3v) is 2.75. The van der Waals surface area contributed by atoms with Crippen LogP contribution >= 0.6 is 0 Å². The zero-order valence-corrected chi connectivity index (χ0v) is 10.8. The number of nitrogens with zero attached hydrogens (tertiary/aromatic N) is 1. The summed E-state index contributed by atoms with van der Waals surface area (Å²) in [5.41, 5.74) is 0.129. The van der Waals surface area contributed by atoms with Gasteiger partial charge in [0.2, 0.25) is 5.91 Å². The van der Waals surface area contributed by atoms with E-state index in [4.69, 9.17) is 0 Å². The Bertz CT molecular complexity index is 419. The first-order chi connectivity index (χ1) is 8.49. The van der Waals surface area contributed by atoms with Crippen LogP contribution in [0.1, 0.15) is 20.8 Å². The fourth-order valence-electron chi connectivity index (χ4n) is 1.71. The van der Waals surface area contributed by atoms with Crippen LogP contribution in [0.3, 0.4) is 0 Å². The summed E-state index contributed by atoms with van der Waals surface area (Å²) < 4.78 is 26.1. The summed E-state index contributed by atoms with van der Waals surface area (Å²) in [4.78, 5) is 13.6. The van der Waals surface area contributed by atoms with Crippen molar-refractivity contribution in [1.29, 1.82) is 0 Å². The summed E-state index contributed by atoms with van der Waals surface area (Å²) in [7, 11) is 0. The van der Waals surface area contributed by atoms with Crippen LogP contribution in [-0.2, 0) is 4.79 Å². The molecule has 0 saturated carbocycles. The first-order valence-electron chi connectivity index (χ1n) is 6.00. The van der Waals surface area contributed by atoms with Crippen molar-refractivity contribution < 1.29 is 13.6 Å². The van der Waals surface area contributed by atoms with Gasteiger partial charge in [-0.15, -0.1) is 0 Å². The first kappa shape index (κ1) is 14.4. The van der Waals surface area contributed by atoms with Gasteiger partial charge in [-0.1, -0.05) is 0 Å². The molecule has 1 amide bonds. The second kappa shape index (κ2) is 6.33. The number of carbonyl (C=O) groups excluding carboxylic acids is 1. The van der Waals surface area contributed by atoms with E-state index in [1.165, 1.54) is 6.07 Å². The van der Waals surface area contributed by atoms with E-state index in [9.17, 15) is 13.6 Å². The average molecular weight is 256 g/mol. The highest BCUT2D eigenvalue weighted by Crippen LogP contribution is 2.16. The van der Waals surface area contributed by atoms with Crippen LogP contribution < -0.4 is 5.32 Å². The molecule has 0 radical (unpaired) electrons. The van der Waals surface area contributed by atoms with Crippen LogP contribution in [0, 0.1) is 11.6 Å². The zero-order chi connectivity index (χ0) is 13.7. The minimum Gasteiger partial charge on any atom is -0.372 e. The van der Waals surface area contributed by atoms with Crippen molar-refractivity contribution in [3.05, 3.63) is 29.8 Å². The number of hydrogen-bond acceptors (Lipinski definition) is 2. The molecule has 0 aliphatic heterocycles. The summed E-state index contributed by atoms with van der Waals surface area (Å²) in [6.07, 6.45) is 0. The van der Waals surface area contributed by atoms with Gasteiger partial charge >= 0.3 is 0 Å². The maximum Gasteiger partial charge on any atom is 0.244 e. The van der Waals surface area contributed by atoms with Gasteiger partial charge in [0.1, 0.15) is 17.7 Å². The lowest BCUT2D eigenvalue weighted by Crippen LogP contribution is -2.41. The second-order valence-corrected chi connectivity index (χ2v) is 4.00. The van der Waals surface area contributed by atoms with Crippen LogP contribution in [0.5, 0.6) is 0 Å². The summed E-state index contributed by atoms with van der Waals surface area (Å²) >= 11 is 0. The van der Waals surface area contributed by atoms with Crippen LogP contribution in [0.25, 0.3) is 0 Å². The fraction of sp³-hybridized carbons (Fsp3) is 0.462. The van der Waals surface area contributed by atoms with Crippen LogP contribution in [-0.4, -0.2) is 29.9 Å². The van der Waals surface area contributed by atoms with Crippen molar-refractivity contribution in [3.8, 4) is 0 Å². The van der Waals surface area contributed by atoms with Gasteiger partial charge in [0, 0.05) is 19.2 Å². The molecule has 3 nitrogen and oxygen atoms in total. The molecule has 0 aromatic heterocycles. The van der Waals surface area contributed by atoms with Crippen molar-refractivity contribution in [2.24, 2.45) is 0 Å². The smallest absolute Gasteiger partial charge is 0.244 e. The predicted octanol–water partition coefficient (Wildman–Crippen LogP) is 2.63. The predicted molar refractivity (Wildman–Crippen MR) is 67.4 cm³/mol. The number of hydrogen-bond donors (Lipinski definition) is 1. The van der Waals surface area contributed by atoms with E-state index < -0.39 is 17.7 Å². The fourth-order valence-corrected chi connectivity index (χ4v) is 1.71. The highest BCUT2D eigenvalue weighted by molar-refractivity contribution is 5.84. The first-order valence-corrected chi connectivity index (χ1v) is 6.00. The Balaban J connectivity index is 2.75. The lowest BCUT2D eigenvalue weighted by atomic mass is 10.2. The molecule has 0 heterocycles. The van der Waals surface area contributed by atoms with Gasteiger partial charge in [0.05, 0.1) is 5.69 Å². The average Bonchev–Trinajstić information content (AvgIpc) is 2.34. The molecule has 5 heteroatoms. The van der Waals surface area contributed by atoms with Gasteiger partial charge in [-0.05, 0) is 32.9 Å². The van der Waals surface area contributed by atoms with Gasteiger partial charge in [0.25, 0.3) is 0 Å². The molecule has 1 aromatic rings. The molecule has 1 unspecified atom stereocenters. The number of benzene rings is 1. The van der Waals surface area contributed by atoms with Crippen molar-refractivity contribution >= 4 is 11.6 Å². The normalized spacial score (nSPS) is 12.1. The molecule has 0 fully saturated rings. The van der Waals surface area contributed by atoms with E-state index in [0.29, 0.717) is 13.1 Å². The second-order valence-electron chi connectivity index (χ2n) is 4.00. The number of likely N-dealkylation sites (N-methyl/N-ethyl adjacent to an activating group) is 1. The monoisotopic (exact) mass is 256 g/mol. The molecule has 1 rings (SSSR count). The Kier molecular flexibility index (Phi) is 5.07. The van der Waals surface area contributed by atoms with E-state index in [2.05, 4.69) is 5.32 Å². The Labute approximate surface area is 106 Å². The van der Waals surface area contributed by atoms with Crippen molar-refractivity contribution in [3.63, 3.8) is 0 Å². The van der Waals surface area contributed by atoms with Gasteiger partial charge < -0.3 is 10.2 Å². The Morgan fingerprint density at radius 2 is 1.94 bits per heavy atom. The van der Waals surface area contributed by atoms with E-state index in [-0.39, 0.29) is 11.6 Å². The number of nitrogens with one attached hydrogen (secondary N) is 1. The van der Waals surface area contributed by atoms with E-state index in [1.807, 2.05) is 13.8 Å². The van der Waals surface area contributed by atoms with Crippen molar-refractivity contribution in [2.45, 2.75) is 26.8 Å². The molecule has 100 valence electrons. The molecule has 0 bridgehead atoms. The molecule has 0 aliphatic carbocycles. The third kappa shape index (κ3) is 3.42. The standard InChI is InChI=1S/C13H18F2N2O/c1-4-17(5-2)13(18)9(3)16-12-7-6-10(14)8-11(12)15/h6-9,16H,4-5H2,1-3H3. The molecule has 0 spiro atoms. The topological polar surface area (TPSA) is 32.3 Å². The Morgan fingerprint density at radius 3 is 2.44 bits per heavy atom. The molecular weight excluding hydrogens is 238 g/mol. The molecule has 1 aromatic carbocycles. The minimum atomic E-state index is -0.700. The molecule has 0 aliphatic rings. The summed E-state index contributed by atoms with van der Waals surface area (Å²) in [5.74, 6) is -1.45. The van der Waals surface area contributed by atoms with E-state index in [1.54, 1.807) is 11.8 Å². The summed E-state index contributed by atoms with van der Waals surface area (Å²) in [6.45, 7) is 6.63. The maximum atomic E-state index is 13.4. The quantitative estimate of drug-likeness (QED) is 0.878. The minimum absolute atomic E-state index is 0.108. The van der Waals surface area contributed by atoms with Gasteiger partial charge in [-0.25, -0.2) is 8.78 Å². The largest absolute Gasteiger partial charge is 0.372 e. The lowest BCUT2D eigenvalue weighted by Gasteiger charge is -2.24. The van der Waals surface area contributed by atoms with Crippen LogP contribution in [0.2, 0.25) is 0 Å². The highest BCUT2D eigenvalue weighted by Gasteiger charge is 2.18. The SMILES string of the molecule is CCN(CC)C(=O)C(C)Nc1ccc(F)cc1F. The van der Waals surface area contributed by atoms with Crippen molar-refractivity contribution in [1.82, 2.24) is 4.90 Å². The summed E-state index contributed by atoms with van der Waals surface area (Å²) in [5, 5.41) is 2.75. The van der Waals surface area contributed by atoms with Crippen LogP contribution in [0.4, 0.5) is 14.5 Å². The molecular formula is C13H18F2N2O.